The molecule has 0 radical (unpaired) electrons. The number of piperazine rings is 1. The van der Waals surface area contributed by atoms with E-state index in [-0.39, 0.29) is 0 Å². The van der Waals surface area contributed by atoms with E-state index < -0.39 is 19.9 Å². The first kappa shape index (κ1) is 31.2. The molecule has 0 spiro atoms. The number of aromatic nitrogens is 5. The minimum absolute atomic E-state index is 0.335. The van der Waals surface area contributed by atoms with E-state index in [1.165, 1.54) is 10.1 Å². The molecule has 0 amide bonds. The molecule has 0 unspecified atom stereocenters. The lowest BCUT2D eigenvalue weighted by Crippen LogP contribution is -2.46. The highest BCUT2D eigenvalue weighted by molar-refractivity contribution is 6.76. The van der Waals surface area contributed by atoms with Crippen molar-refractivity contribution in [3.8, 4) is 11.4 Å². The van der Waals surface area contributed by atoms with Crippen molar-refractivity contribution in [3.05, 3.63) is 59.7 Å². The van der Waals surface area contributed by atoms with Crippen molar-refractivity contribution < 1.29 is 17.9 Å². The second kappa shape index (κ2) is 12.4. The summed E-state index contributed by atoms with van der Waals surface area (Å²) in [7, 11) is 0.404. The number of rotatable bonds is 10. The number of ether oxygens (including phenoxy) is 1. The highest BCUT2D eigenvalue weighted by Gasteiger charge is 2.35. The van der Waals surface area contributed by atoms with E-state index in [1.807, 2.05) is 23.2 Å². The van der Waals surface area contributed by atoms with Gasteiger partial charge in [-0.25, -0.2) is 15.0 Å². The number of hydrogen-bond donors (Lipinski definition) is 0. The van der Waals surface area contributed by atoms with E-state index in [0.717, 1.165) is 41.0 Å². The molecule has 0 atom stereocenters. The van der Waals surface area contributed by atoms with Gasteiger partial charge in [-0.1, -0.05) is 57.8 Å². The number of imidazole rings is 1. The van der Waals surface area contributed by atoms with E-state index in [9.17, 15) is 13.2 Å². The molecule has 0 saturated carbocycles. The van der Waals surface area contributed by atoms with Crippen molar-refractivity contribution >= 4 is 25.1 Å². The Bertz CT molecular complexity index is 1550. The summed E-state index contributed by atoms with van der Waals surface area (Å²) in [6, 6.07) is 9.37. The minimum atomic E-state index is -4.46. The lowest BCUT2D eigenvalue weighted by atomic mass is 9.97. The molecule has 4 aromatic rings. The summed E-state index contributed by atoms with van der Waals surface area (Å²) >= 11 is 0. The third kappa shape index (κ3) is 7.30. The Morgan fingerprint density at radius 1 is 1.00 bits per heavy atom. The van der Waals surface area contributed by atoms with Crippen LogP contribution in [-0.4, -0.2) is 69.8 Å². The third-order valence-electron chi connectivity index (χ3n) is 7.94. The van der Waals surface area contributed by atoms with Gasteiger partial charge in [0.25, 0.3) is 0 Å². The van der Waals surface area contributed by atoms with Gasteiger partial charge in [0.15, 0.2) is 11.5 Å². The first-order chi connectivity index (χ1) is 20.3. The zero-order chi connectivity index (χ0) is 30.9. The van der Waals surface area contributed by atoms with Crippen LogP contribution in [0.3, 0.4) is 0 Å². The summed E-state index contributed by atoms with van der Waals surface area (Å²) in [5.74, 6) is 1.39. The van der Waals surface area contributed by atoms with Gasteiger partial charge in [0.1, 0.15) is 6.73 Å². The maximum atomic E-state index is 13.2. The summed E-state index contributed by atoms with van der Waals surface area (Å²) in [5, 5.41) is 0. The SMILES string of the molecule is CC(C)c1ccccc1-c1ncc2c(n1)c(CN1CCN(c3nc(C(F)(F)F)cn3C)CC1)cn2COCC[Si](C)(C)C. The van der Waals surface area contributed by atoms with E-state index in [4.69, 9.17) is 14.7 Å². The molecule has 0 N–H and O–H groups in total. The predicted octanol–water partition coefficient (Wildman–Crippen LogP) is 6.61. The van der Waals surface area contributed by atoms with Gasteiger partial charge in [-0.05, 0) is 17.5 Å². The topological polar surface area (TPSA) is 64.2 Å². The monoisotopic (exact) mass is 613 g/mol. The summed E-state index contributed by atoms with van der Waals surface area (Å²) in [5.41, 5.74) is 4.29. The van der Waals surface area contributed by atoms with Gasteiger partial charge in [-0.3, -0.25) is 4.90 Å². The number of fused-ring (bicyclic) bond motifs is 1. The van der Waals surface area contributed by atoms with Crippen molar-refractivity contribution in [2.75, 3.05) is 37.7 Å². The molecule has 0 bridgehead atoms. The Labute approximate surface area is 252 Å². The van der Waals surface area contributed by atoms with Crippen LogP contribution in [0.15, 0.2) is 42.9 Å². The van der Waals surface area contributed by atoms with E-state index in [1.54, 1.807) is 7.05 Å². The number of benzene rings is 1. The second-order valence-corrected chi connectivity index (χ2v) is 18.6. The fourth-order valence-electron chi connectivity index (χ4n) is 5.47. The number of anilines is 1. The summed E-state index contributed by atoms with van der Waals surface area (Å²) < 4.78 is 49.3. The largest absolute Gasteiger partial charge is 0.434 e. The average Bonchev–Trinajstić information content (AvgIpc) is 3.51. The maximum absolute atomic E-state index is 13.2. The van der Waals surface area contributed by atoms with Gasteiger partial charge in [0.2, 0.25) is 5.95 Å². The molecule has 8 nitrogen and oxygen atoms in total. The minimum Gasteiger partial charge on any atom is -0.361 e. The standard InChI is InChI=1S/C31H42F3N7OSi/c1-22(2)24-9-7-8-10-25(24)29-35-17-26-28(37-29)23(19-41(26)21-42-15-16-43(4,5)6)18-39-11-13-40(14-12-39)30-36-27(20-38(30)3)31(32,33)34/h7-10,17,19-20,22H,11-16,18,21H2,1-6H3. The predicted molar refractivity (Wildman–Crippen MR) is 167 cm³/mol. The Hall–Kier alpha value is -3.22. The molecule has 1 aliphatic heterocycles. The fraction of sp³-hybridized carbons (Fsp3) is 0.516. The van der Waals surface area contributed by atoms with Gasteiger partial charge in [-0.15, -0.1) is 0 Å². The summed E-state index contributed by atoms with van der Waals surface area (Å²) in [6.07, 6.45) is 0.613. The average molecular weight is 614 g/mol. The van der Waals surface area contributed by atoms with Crippen LogP contribution in [-0.2, 0) is 31.2 Å². The maximum Gasteiger partial charge on any atom is 0.434 e. The molecule has 1 aliphatic rings. The van der Waals surface area contributed by atoms with Crippen LogP contribution in [0.1, 0.15) is 36.6 Å². The lowest BCUT2D eigenvalue weighted by molar-refractivity contribution is -0.140. The fourth-order valence-corrected chi connectivity index (χ4v) is 6.23. The molecule has 232 valence electrons. The number of halogens is 3. The Balaban J connectivity index is 1.38. The van der Waals surface area contributed by atoms with Crippen molar-refractivity contribution in [1.82, 2.24) is 29.0 Å². The molecule has 1 aromatic carbocycles. The number of nitrogens with zero attached hydrogens (tertiary/aromatic N) is 7. The van der Waals surface area contributed by atoms with E-state index in [2.05, 4.69) is 66.3 Å². The highest BCUT2D eigenvalue weighted by atomic mass is 28.3. The number of alkyl halides is 3. The smallest absolute Gasteiger partial charge is 0.361 e. The molecular formula is C31H42F3N7OSi. The van der Waals surface area contributed by atoms with Gasteiger partial charge in [0, 0.05) is 78.0 Å². The van der Waals surface area contributed by atoms with E-state index >= 15 is 0 Å². The number of hydrogen-bond acceptors (Lipinski definition) is 6. The molecule has 12 heteroatoms. The Morgan fingerprint density at radius 3 is 2.37 bits per heavy atom. The summed E-state index contributed by atoms with van der Waals surface area (Å²) in [6.45, 7) is 15.7. The van der Waals surface area contributed by atoms with Crippen LogP contribution in [0, 0.1) is 0 Å². The van der Waals surface area contributed by atoms with Crippen LogP contribution in [0.4, 0.5) is 19.1 Å². The second-order valence-electron chi connectivity index (χ2n) is 12.9. The van der Waals surface area contributed by atoms with E-state index in [0.29, 0.717) is 57.1 Å². The van der Waals surface area contributed by atoms with Crippen LogP contribution < -0.4 is 4.90 Å². The first-order valence-electron chi connectivity index (χ1n) is 14.9. The van der Waals surface area contributed by atoms with Gasteiger partial charge < -0.3 is 18.8 Å². The molecule has 3 aromatic heterocycles. The van der Waals surface area contributed by atoms with Crippen molar-refractivity contribution in [2.24, 2.45) is 7.05 Å². The lowest BCUT2D eigenvalue weighted by Gasteiger charge is -2.35. The van der Waals surface area contributed by atoms with Crippen molar-refractivity contribution in [1.29, 1.82) is 0 Å². The van der Waals surface area contributed by atoms with Gasteiger partial charge in [-0.2, -0.15) is 13.2 Å². The van der Waals surface area contributed by atoms with Crippen LogP contribution in [0.5, 0.6) is 0 Å². The third-order valence-corrected chi connectivity index (χ3v) is 9.64. The molecule has 5 rings (SSSR count). The zero-order valence-corrected chi connectivity index (χ0v) is 26.9. The van der Waals surface area contributed by atoms with Gasteiger partial charge >= 0.3 is 6.18 Å². The van der Waals surface area contributed by atoms with Gasteiger partial charge in [0.05, 0.1) is 17.2 Å². The van der Waals surface area contributed by atoms with Crippen LogP contribution >= 0.6 is 0 Å². The van der Waals surface area contributed by atoms with Crippen molar-refractivity contribution in [3.63, 3.8) is 0 Å². The molecule has 1 saturated heterocycles. The van der Waals surface area contributed by atoms with Crippen LogP contribution in [0.2, 0.25) is 25.7 Å². The first-order valence-corrected chi connectivity index (χ1v) is 18.6. The normalized spacial score (nSPS) is 15.3. The molecule has 1 fully saturated rings. The quantitative estimate of drug-likeness (QED) is 0.148. The highest BCUT2D eigenvalue weighted by Crippen LogP contribution is 2.31. The molecular weight excluding hydrogens is 571 g/mol. The van der Waals surface area contributed by atoms with Crippen molar-refractivity contribution in [2.45, 2.75) is 64.9 Å². The van der Waals surface area contributed by atoms with Crippen LogP contribution in [0.25, 0.3) is 22.4 Å². The molecule has 4 heterocycles. The summed E-state index contributed by atoms with van der Waals surface area (Å²) in [4.78, 5) is 18.0. The Kier molecular flexibility index (Phi) is 9.01. The molecule has 0 aliphatic carbocycles. The number of aryl methyl sites for hydroxylation is 1. The zero-order valence-electron chi connectivity index (χ0n) is 25.9. The Morgan fingerprint density at radius 2 is 1.72 bits per heavy atom. The molecule has 43 heavy (non-hydrogen) atoms.